The molecule has 14 heavy (non-hydrogen) atoms. The first-order valence-corrected chi connectivity index (χ1v) is 4.95. The molecule has 0 spiro atoms. The molecule has 0 fully saturated rings. The zero-order valence-corrected chi connectivity index (χ0v) is 9.37. The van der Waals surface area contributed by atoms with Gasteiger partial charge in [-0.1, -0.05) is 27.8 Å². The third kappa shape index (κ3) is 3.51. The summed E-state index contributed by atoms with van der Waals surface area (Å²) in [5, 5.41) is 18.2. The number of hydrogen-bond donors (Lipinski definition) is 2. The Morgan fingerprint density at radius 2 is 1.93 bits per heavy atom. The Kier molecular flexibility index (Phi) is 3.70. The first-order chi connectivity index (χ1) is 6.53. The molecular weight excluding hydrogens is 244 g/mol. The summed E-state index contributed by atoms with van der Waals surface area (Å²) in [5.41, 5.74) is -0.519. The molecule has 0 saturated carbocycles. The molecule has 2 N–H and O–H groups in total. The van der Waals surface area contributed by atoms with Crippen LogP contribution in [0.3, 0.4) is 0 Å². The van der Waals surface area contributed by atoms with E-state index in [1.165, 1.54) is 6.92 Å². The number of halogens is 1. The van der Waals surface area contributed by atoms with Crippen molar-refractivity contribution in [2.24, 2.45) is 0 Å². The van der Waals surface area contributed by atoms with E-state index >= 15 is 0 Å². The molecule has 0 aliphatic carbocycles. The lowest BCUT2D eigenvalue weighted by Gasteiger charge is -2.10. The van der Waals surface area contributed by atoms with Gasteiger partial charge in [0.15, 0.2) is 0 Å². The average Bonchev–Trinajstić information content (AvgIpc) is 2.17. The summed E-state index contributed by atoms with van der Waals surface area (Å²) in [4.78, 5) is 0. The fourth-order valence-electron chi connectivity index (χ4n) is 0.780. The van der Waals surface area contributed by atoms with Crippen molar-refractivity contribution in [3.8, 4) is 11.8 Å². The molecule has 0 aromatic heterocycles. The largest absolute Gasteiger partial charge is 0.392 e. The van der Waals surface area contributed by atoms with Gasteiger partial charge < -0.3 is 10.2 Å². The average molecular weight is 255 g/mol. The molecular formula is C11H11BrO2. The second-order valence-electron chi connectivity index (χ2n) is 3.19. The van der Waals surface area contributed by atoms with Crippen molar-refractivity contribution in [1.29, 1.82) is 0 Å². The van der Waals surface area contributed by atoms with Crippen LogP contribution >= 0.6 is 15.9 Å². The number of aliphatic hydroxyl groups is 2. The van der Waals surface area contributed by atoms with Crippen LogP contribution in [-0.4, -0.2) is 22.4 Å². The SMILES string of the molecule is CC(O)(C#Cc1ccc(Br)cc1)CO. The summed E-state index contributed by atoms with van der Waals surface area (Å²) in [7, 11) is 0. The van der Waals surface area contributed by atoms with E-state index in [2.05, 4.69) is 27.8 Å². The predicted octanol–water partition coefficient (Wildman–Crippen LogP) is 1.54. The molecule has 3 heteroatoms. The molecule has 1 atom stereocenters. The maximum Gasteiger partial charge on any atom is 0.145 e. The van der Waals surface area contributed by atoms with Crippen LogP contribution in [0.2, 0.25) is 0 Å². The third-order valence-corrected chi connectivity index (χ3v) is 2.16. The van der Waals surface area contributed by atoms with Crippen molar-refractivity contribution in [2.45, 2.75) is 12.5 Å². The van der Waals surface area contributed by atoms with E-state index in [0.717, 1.165) is 10.0 Å². The number of benzene rings is 1. The molecule has 0 bridgehead atoms. The van der Waals surface area contributed by atoms with Crippen LogP contribution in [0.25, 0.3) is 0 Å². The van der Waals surface area contributed by atoms with Gasteiger partial charge in [0.2, 0.25) is 0 Å². The zero-order chi connectivity index (χ0) is 10.6. The molecule has 0 radical (unpaired) electrons. The maximum absolute atomic E-state index is 9.41. The minimum absolute atomic E-state index is 0.365. The normalized spacial score (nSPS) is 14.0. The van der Waals surface area contributed by atoms with Gasteiger partial charge in [-0.15, -0.1) is 0 Å². The first-order valence-electron chi connectivity index (χ1n) is 4.15. The van der Waals surface area contributed by atoms with Crippen molar-refractivity contribution < 1.29 is 10.2 Å². The van der Waals surface area contributed by atoms with E-state index in [0.29, 0.717) is 0 Å². The Labute approximate surface area is 91.7 Å². The van der Waals surface area contributed by atoms with Crippen molar-refractivity contribution in [3.05, 3.63) is 34.3 Å². The van der Waals surface area contributed by atoms with E-state index in [4.69, 9.17) is 5.11 Å². The highest BCUT2D eigenvalue weighted by atomic mass is 79.9. The summed E-state index contributed by atoms with van der Waals surface area (Å²) in [6.45, 7) is 1.11. The lowest BCUT2D eigenvalue weighted by atomic mass is 10.1. The molecule has 0 saturated heterocycles. The Bertz CT molecular complexity index is 357. The Balaban J connectivity index is 2.83. The number of hydrogen-bond acceptors (Lipinski definition) is 2. The van der Waals surface area contributed by atoms with E-state index in [1.54, 1.807) is 0 Å². The Morgan fingerprint density at radius 3 is 2.43 bits per heavy atom. The fourth-order valence-corrected chi connectivity index (χ4v) is 1.04. The molecule has 74 valence electrons. The van der Waals surface area contributed by atoms with E-state index in [9.17, 15) is 5.11 Å². The molecule has 1 aromatic carbocycles. The molecule has 0 aliphatic heterocycles. The second kappa shape index (κ2) is 4.61. The van der Waals surface area contributed by atoms with Crippen LogP contribution in [0.5, 0.6) is 0 Å². The topological polar surface area (TPSA) is 40.5 Å². The third-order valence-electron chi connectivity index (χ3n) is 1.63. The Hall–Kier alpha value is -0.820. The van der Waals surface area contributed by atoms with Gasteiger partial charge >= 0.3 is 0 Å². The highest BCUT2D eigenvalue weighted by Crippen LogP contribution is 2.10. The Morgan fingerprint density at radius 1 is 1.36 bits per heavy atom. The quantitative estimate of drug-likeness (QED) is 0.747. The van der Waals surface area contributed by atoms with Crippen molar-refractivity contribution in [2.75, 3.05) is 6.61 Å². The molecule has 1 aromatic rings. The van der Waals surface area contributed by atoms with Gasteiger partial charge in [-0.05, 0) is 31.2 Å². The van der Waals surface area contributed by atoms with Crippen molar-refractivity contribution >= 4 is 15.9 Å². The molecule has 1 unspecified atom stereocenters. The minimum Gasteiger partial charge on any atom is -0.392 e. The van der Waals surface area contributed by atoms with Gasteiger partial charge in [0.25, 0.3) is 0 Å². The summed E-state index contributed by atoms with van der Waals surface area (Å²) in [6, 6.07) is 7.42. The number of aliphatic hydroxyl groups excluding tert-OH is 1. The second-order valence-corrected chi connectivity index (χ2v) is 4.10. The molecule has 0 aliphatic rings. The van der Waals surface area contributed by atoms with Gasteiger partial charge in [0, 0.05) is 10.0 Å². The van der Waals surface area contributed by atoms with Crippen LogP contribution < -0.4 is 0 Å². The van der Waals surface area contributed by atoms with E-state index < -0.39 is 5.60 Å². The van der Waals surface area contributed by atoms with Crippen LogP contribution in [0.1, 0.15) is 12.5 Å². The van der Waals surface area contributed by atoms with Crippen molar-refractivity contribution in [3.63, 3.8) is 0 Å². The predicted molar refractivity (Wildman–Crippen MR) is 58.7 cm³/mol. The lowest BCUT2D eigenvalue weighted by Crippen LogP contribution is -2.26. The number of rotatable bonds is 1. The van der Waals surface area contributed by atoms with E-state index in [-0.39, 0.29) is 6.61 Å². The smallest absolute Gasteiger partial charge is 0.145 e. The molecule has 0 heterocycles. The summed E-state index contributed by atoms with van der Waals surface area (Å²) in [6.07, 6.45) is 0. The first kappa shape index (κ1) is 11.3. The minimum atomic E-state index is -1.33. The van der Waals surface area contributed by atoms with Gasteiger partial charge in [-0.25, -0.2) is 0 Å². The standard InChI is InChI=1S/C11H11BrO2/c1-11(14,8-13)7-6-9-2-4-10(12)5-3-9/h2-5,13-14H,8H2,1H3. The molecule has 1 rings (SSSR count). The van der Waals surface area contributed by atoms with E-state index in [1.807, 2.05) is 24.3 Å². The van der Waals surface area contributed by atoms with Crippen LogP contribution in [-0.2, 0) is 0 Å². The maximum atomic E-state index is 9.41. The monoisotopic (exact) mass is 254 g/mol. The summed E-state index contributed by atoms with van der Waals surface area (Å²) < 4.78 is 0.983. The highest BCUT2D eigenvalue weighted by molar-refractivity contribution is 9.10. The van der Waals surface area contributed by atoms with Gasteiger partial charge in [-0.2, -0.15) is 0 Å². The van der Waals surface area contributed by atoms with Crippen LogP contribution in [0.15, 0.2) is 28.7 Å². The van der Waals surface area contributed by atoms with Crippen molar-refractivity contribution in [1.82, 2.24) is 0 Å². The van der Waals surface area contributed by atoms with Crippen LogP contribution in [0, 0.1) is 11.8 Å². The van der Waals surface area contributed by atoms with Gasteiger partial charge in [-0.3, -0.25) is 0 Å². The van der Waals surface area contributed by atoms with Gasteiger partial charge in [0.1, 0.15) is 5.60 Å². The van der Waals surface area contributed by atoms with Crippen LogP contribution in [0.4, 0.5) is 0 Å². The summed E-state index contributed by atoms with van der Waals surface area (Å²) >= 11 is 3.31. The highest BCUT2D eigenvalue weighted by Gasteiger charge is 2.13. The summed E-state index contributed by atoms with van der Waals surface area (Å²) in [5.74, 6) is 5.37. The molecule has 0 amide bonds. The zero-order valence-electron chi connectivity index (χ0n) is 7.79. The fraction of sp³-hybridized carbons (Fsp3) is 0.273. The van der Waals surface area contributed by atoms with Gasteiger partial charge in [0.05, 0.1) is 6.61 Å². The lowest BCUT2D eigenvalue weighted by molar-refractivity contribution is 0.0519. The molecule has 2 nitrogen and oxygen atoms in total.